The first-order chi connectivity index (χ1) is 8.16. The number of nitrogens with two attached hydrogens (primary N) is 1. The predicted octanol–water partition coefficient (Wildman–Crippen LogP) is 3.25. The van der Waals surface area contributed by atoms with Gasteiger partial charge in [-0.25, -0.2) is 4.79 Å². The average molecular weight is 251 g/mol. The molecule has 0 aliphatic heterocycles. The summed E-state index contributed by atoms with van der Waals surface area (Å²) in [4.78, 5) is 11.9. The lowest BCUT2D eigenvalue weighted by Gasteiger charge is -2.10. The zero-order valence-corrected chi connectivity index (χ0v) is 10.5. The van der Waals surface area contributed by atoms with E-state index in [1.54, 1.807) is 23.9 Å². The Balaban J connectivity index is 2.06. The number of thioether (sulfide) groups is 1. The summed E-state index contributed by atoms with van der Waals surface area (Å²) < 4.78 is 0. The highest BCUT2D eigenvalue weighted by Gasteiger charge is 2.17. The lowest BCUT2D eigenvalue weighted by atomic mass is 10.1. The van der Waals surface area contributed by atoms with Gasteiger partial charge in [0.15, 0.2) is 0 Å². The van der Waals surface area contributed by atoms with Crippen molar-refractivity contribution in [2.24, 2.45) is 5.92 Å². The Labute approximate surface area is 105 Å². The van der Waals surface area contributed by atoms with Gasteiger partial charge in [-0.15, -0.1) is 11.8 Å². The van der Waals surface area contributed by atoms with Crippen molar-refractivity contribution in [1.82, 2.24) is 0 Å². The molecule has 3 nitrogen and oxygen atoms in total. The van der Waals surface area contributed by atoms with Crippen LogP contribution in [0.5, 0.6) is 0 Å². The molecule has 2 rings (SSSR count). The second kappa shape index (κ2) is 5.45. The number of aromatic carboxylic acids is 1. The van der Waals surface area contributed by atoms with E-state index in [2.05, 4.69) is 0 Å². The van der Waals surface area contributed by atoms with E-state index in [1.807, 2.05) is 6.07 Å². The lowest BCUT2D eigenvalue weighted by Crippen LogP contribution is -2.02. The molecule has 0 bridgehead atoms. The number of hydrogen-bond donors (Lipinski definition) is 2. The lowest BCUT2D eigenvalue weighted by molar-refractivity contribution is 0.0693. The van der Waals surface area contributed by atoms with Gasteiger partial charge in [-0.05, 0) is 37.0 Å². The van der Waals surface area contributed by atoms with Crippen molar-refractivity contribution >= 4 is 23.4 Å². The van der Waals surface area contributed by atoms with E-state index in [1.165, 1.54) is 25.7 Å². The predicted molar refractivity (Wildman–Crippen MR) is 70.5 cm³/mol. The third kappa shape index (κ3) is 3.16. The largest absolute Gasteiger partial charge is 0.478 e. The molecule has 4 heteroatoms. The fourth-order valence-electron chi connectivity index (χ4n) is 2.23. The van der Waals surface area contributed by atoms with Gasteiger partial charge in [0.25, 0.3) is 0 Å². The van der Waals surface area contributed by atoms with Crippen LogP contribution in [0.4, 0.5) is 5.69 Å². The Morgan fingerprint density at radius 1 is 1.41 bits per heavy atom. The van der Waals surface area contributed by atoms with Crippen LogP contribution in [0, 0.1) is 5.92 Å². The monoisotopic (exact) mass is 251 g/mol. The van der Waals surface area contributed by atoms with Crippen molar-refractivity contribution in [2.45, 2.75) is 30.6 Å². The maximum atomic E-state index is 11.1. The molecule has 0 radical (unpaired) electrons. The Hall–Kier alpha value is -1.16. The molecule has 0 spiro atoms. The van der Waals surface area contributed by atoms with Gasteiger partial charge in [-0.3, -0.25) is 0 Å². The zero-order valence-electron chi connectivity index (χ0n) is 9.69. The average Bonchev–Trinajstić information content (AvgIpc) is 2.80. The molecule has 92 valence electrons. The standard InChI is InChI=1S/C13H17NO2S/c14-10-5-6-12(11(7-10)13(15)16)17-8-9-3-1-2-4-9/h5-7,9H,1-4,8,14H2,(H,15,16). The number of rotatable bonds is 4. The van der Waals surface area contributed by atoms with Crippen LogP contribution in [0.15, 0.2) is 23.1 Å². The topological polar surface area (TPSA) is 63.3 Å². The first-order valence-corrected chi connectivity index (χ1v) is 6.91. The van der Waals surface area contributed by atoms with Crippen LogP contribution in [0.25, 0.3) is 0 Å². The molecule has 0 saturated heterocycles. The molecule has 1 aliphatic rings. The Kier molecular flexibility index (Phi) is 3.94. The molecular formula is C13H17NO2S. The van der Waals surface area contributed by atoms with Crippen LogP contribution in [0.1, 0.15) is 36.0 Å². The maximum Gasteiger partial charge on any atom is 0.336 e. The smallest absolute Gasteiger partial charge is 0.336 e. The van der Waals surface area contributed by atoms with E-state index >= 15 is 0 Å². The second-order valence-electron chi connectivity index (χ2n) is 4.52. The van der Waals surface area contributed by atoms with Crippen molar-refractivity contribution in [1.29, 1.82) is 0 Å². The normalized spacial score (nSPS) is 16.2. The molecule has 3 N–H and O–H groups in total. The summed E-state index contributed by atoms with van der Waals surface area (Å²) in [5.41, 5.74) is 6.44. The van der Waals surface area contributed by atoms with Gasteiger partial charge >= 0.3 is 5.97 Å². The van der Waals surface area contributed by atoms with Crippen molar-refractivity contribution in [3.63, 3.8) is 0 Å². The van der Waals surface area contributed by atoms with Crippen LogP contribution in [0.2, 0.25) is 0 Å². The molecular weight excluding hydrogens is 234 g/mol. The van der Waals surface area contributed by atoms with Crippen LogP contribution in [0.3, 0.4) is 0 Å². The van der Waals surface area contributed by atoms with Gasteiger partial charge in [0.05, 0.1) is 5.56 Å². The highest BCUT2D eigenvalue weighted by Crippen LogP contribution is 2.32. The molecule has 0 unspecified atom stereocenters. The van der Waals surface area contributed by atoms with Gasteiger partial charge in [-0.2, -0.15) is 0 Å². The Bertz CT molecular complexity index is 414. The first kappa shape index (κ1) is 12.3. The van der Waals surface area contributed by atoms with E-state index in [-0.39, 0.29) is 0 Å². The summed E-state index contributed by atoms with van der Waals surface area (Å²) in [7, 11) is 0. The van der Waals surface area contributed by atoms with Crippen LogP contribution < -0.4 is 5.73 Å². The second-order valence-corrected chi connectivity index (χ2v) is 5.58. The molecule has 0 heterocycles. The van der Waals surface area contributed by atoms with Gasteiger partial charge in [0, 0.05) is 16.3 Å². The summed E-state index contributed by atoms with van der Waals surface area (Å²) >= 11 is 1.64. The van der Waals surface area contributed by atoms with Crippen LogP contribution in [-0.2, 0) is 0 Å². The fraction of sp³-hybridized carbons (Fsp3) is 0.462. The van der Waals surface area contributed by atoms with Crippen LogP contribution in [-0.4, -0.2) is 16.8 Å². The van der Waals surface area contributed by atoms with Gasteiger partial charge in [-0.1, -0.05) is 12.8 Å². The summed E-state index contributed by atoms with van der Waals surface area (Å²) in [5, 5.41) is 9.11. The van der Waals surface area contributed by atoms with Gasteiger partial charge < -0.3 is 10.8 Å². The number of carboxylic acid groups (broad SMARTS) is 1. The van der Waals surface area contributed by atoms with Crippen molar-refractivity contribution in [2.75, 3.05) is 11.5 Å². The first-order valence-electron chi connectivity index (χ1n) is 5.92. The SMILES string of the molecule is Nc1ccc(SCC2CCCC2)c(C(=O)O)c1. The third-order valence-corrected chi connectivity index (χ3v) is 4.49. The molecule has 1 aliphatic carbocycles. The molecule has 17 heavy (non-hydrogen) atoms. The molecule has 0 aromatic heterocycles. The van der Waals surface area contributed by atoms with Crippen molar-refractivity contribution < 1.29 is 9.90 Å². The van der Waals surface area contributed by atoms with Crippen molar-refractivity contribution in [3.05, 3.63) is 23.8 Å². The summed E-state index contributed by atoms with van der Waals surface area (Å²) in [6.45, 7) is 0. The molecule has 1 fully saturated rings. The third-order valence-electron chi connectivity index (χ3n) is 3.18. The van der Waals surface area contributed by atoms with Crippen LogP contribution >= 0.6 is 11.8 Å². The van der Waals surface area contributed by atoms with Crippen molar-refractivity contribution in [3.8, 4) is 0 Å². The number of nitrogen functional groups attached to an aromatic ring is 1. The summed E-state index contributed by atoms with van der Waals surface area (Å²) in [5.74, 6) is 0.870. The quantitative estimate of drug-likeness (QED) is 0.637. The maximum absolute atomic E-state index is 11.1. The molecule has 0 amide bonds. The van der Waals surface area contributed by atoms with Gasteiger partial charge in [0.2, 0.25) is 0 Å². The summed E-state index contributed by atoms with van der Waals surface area (Å²) in [6.07, 6.45) is 5.20. The summed E-state index contributed by atoms with van der Waals surface area (Å²) in [6, 6.07) is 5.13. The van der Waals surface area contributed by atoms with E-state index in [0.717, 1.165) is 16.6 Å². The number of carbonyl (C=O) groups is 1. The fourth-order valence-corrected chi connectivity index (χ4v) is 3.44. The van der Waals surface area contributed by atoms with E-state index in [4.69, 9.17) is 10.8 Å². The highest BCUT2D eigenvalue weighted by molar-refractivity contribution is 7.99. The minimum atomic E-state index is -0.897. The molecule has 1 saturated carbocycles. The van der Waals surface area contributed by atoms with E-state index in [0.29, 0.717) is 11.3 Å². The van der Waals surface area contributed by atoms with Gasteiger partial charge in [0.1, 0.15) is 0 Å². The Morgan fingerprint density at radius 3 is 2.76 bits per heavy atom. The Morgan fingerprint density at radius 2 is 2.12 bits per heavy atom. The molecule has 1 aromatic carbocycles. The van der Waals surface area contributed by atoms with E-state index < -0.39 is 5.97 Å². The minimum absolute atomic E-state index is 0.327. The number of anilines is 1. The number of carboxylic acids is 1. The van der Waals surface area contributed by atoms with E-state index in [9.17, 15) is 4.79 Å². The zero-order chi connectivity index (χ0) is 12.3. The number of hydrogen-bond acceptors (Lipinski definition) is 3. The molecule has 0 atom stereocenters. The molecule has 1 aromatic rings. The number of benzene rings is 1. The minimum Gasteiger partial charge on any atom is -0.478 e. The highest BCUT2D eigenvalue weighted by atomic mass is 32.2.